The summed E-state index contributed by atoms with van der Waals surface area (Å²) in [5.74, 6) is 0. The van der Waals surface area contributed by atoms with Crippen molar-refractivity contribution in [3.8, 4) is 0 Å². The molecule has 0 aliphatic carbocycles. The fourth-order valence-corrected chi connectivity index (χ4v) is 2.93. The number of aromatic nitrogens is 1. The molecule has 0 radical (unpaired) electrons. The maximum absolute atomic E-state index is 11.9. The summed E-state index contributed by atoms with van der Waals surface area (Å²) in [5, 5.41) is 7.04. The molecule has 2 amide bonds. The van der Waals surface area contributed by atoms with Crippen LogP contribution >= 0.6 is 11.3 Å². The van der Waals surface area contributed by atoms with Gasteiger partial charge < -0.3 is 15.5 Å². The minimum absolute atomic E-state index is 0.257. The van der Waals surface area contributed by atoms with Gasteiger partial charge in [-0.05, 0) is 12.8 Å². The third-order valence-corrected chi connectivity index (χ3v) is 3.98. The molecule has 0 spiro atoms. The van der Waals surface area contributed by atoms with E-state index in [1.54, 1.807) is 16.7 Å². The number of nitrogens with zero attached hydrogens (tertiary/aromatic N) is 2. The van der Waals surface area contributed by atoms with Crippen molar-refractivity contribution in [2.24, 2.45) is 0 Å². The molecule has 0 atom stereocenters. The summed E-state index contributed by atoms with van der Waals surface area (Å²) in [6, 6.07) is -0.817. The van der Waals surface area contributed by atoms with Crippen LogP contribution in [0.5, 0.6) is 0 Å². The first-order valence-corrected chi connectivity index (χ1v) is 7.60. The van der Waals surface area contributed by atoms with Crippen LogP contribution in [0.1, 0.15) is 18.5 Å². The Bertz CT molecular complexity index is 471. The Morgan fingerprint density at radius 3 is 2.71 bits per heavy atom. The molecule has 1 aliphatic heterocycles. The van der Waals surface area contributed by atoms with E-state index in [4.69, 9.17) is 0 Å². The number of thiazole rings is 1. The lowest BCUT2D eigenvalue weighted by Crippen LogP contribution is -2.41. The molecule has 1 aromatic rings. The molecule has 1 saturated heterocycles. The minimum atomic E-state index is -4.39. The number of nitrogens with one attached hydrogen (secondary N) is 2. The summed E-state index contributed by atoms with van der Waals surface area (Å²) >= 11 is 1.56. The van der Waals surface area contributed by atoms with Gasteiger partial charge >= 0.3 is 12.2 Å². The second-order valence-corrected chi connectivity index (χ2v) is 5.63. The molecule has 0 aromatic carbocycles. The number of hydrogen-bond donors (Lipinski definition) is 2. The van der Waals surface area contributed by atoms with Crippen LogP contribution in [0.3, 0.4) is 0 Å². The molecule has 9 heteroatoms. The molecule has 118 valence electrons. The Balaban J connectivity index is 1.67. The Hall–Kier alpha value is -1.51. The Kier molecular flexibility index (Phi) is 5.27. The number of alkyl halides is 3. The van der Waals surface area contributed by atoms with Gasteiger partial charge in [0, 0.05) is 31.4 Å². The first-order chi connectivity index (χ1) is 9.94. The van der Waals surface area contributed by atoms with Gasteiger partial charge in [-0.1, -0.05) is 0 Å². The van der Waals surface area contributed by atoms with Crippen LogP contribution in [0.15, 0.2) is 5.38 Å². The quantitative estimate of drug-likeness (QED) is 0.873. The highest BCUT2D eigenvalue weighted by Gasteiger charge is 2.27. The number of anilines is 1. The molecular formula is C12H17F3N4OS. The van der Waals surface area contributed by atoms with E-state index >= 15 is 0 Å². The second kappa shape index (κ2) is 6.97. The molecule has 2 rings (SSSR count). The topological polar surface area (TPSA) is 57.3 Å². The zero-order valence-electron chi connectivity index (χ0n) is 11.4. The molecule has 0 bridgehead atoms. The van der Waals surface area contributed by atoms with Crippen molar-refractivity contribution in [2.75, 3.05) is 31.1 Å². The first kappa shape index (κ1) is 15.9. The molecule has 1 aliphatic rings. The second-order valence-electron chi connectivity index (χ2n) is 4.79. The van der Waals surface area contributed by atoms with E-state index in [0.29, 0.717) is 6.42 Å². The maximum Gasteiger partial charge on any atom is 0.405 e. The zero-order chi connectivity index (χ0) is 15.3. The van der Waals surface area contributed by atoms with Gasteiger partial charge in [0.25, 0.3) is 0 Å². The van der Waals surface area contributed by atoms with Gasteiger partial charge in [0.2, 0.25) is 0 Å². The molecule has 1 aromatic heterocycles. The number of urea groups is 1. The monoisotopic (exact) mass is 322 g/mol. The van der Waals surface area contributed by atoms with E-state index in [0.717, 1.165) is 23.9 Å². The van der Waals surface area contributed by atoms with Crippen molar-refractivity contribution in [3.63, 3.8) is 0 Å². The van der Waals surface area contributed by atoms with Gasteiger partial charge in [0.1, 0.15) is 6.54 Å². The Morgan fingerprint density at radius 1 is 1.33 bits per heavy atom. The standard InChI is InChI=1S/C12H17F3N4OS/c13-12(14,15)8-17-10(20)16-4-3-9-7-21-11(18-9)19-5-1-2-6-19/h7H,1-6,8H2,(H2,16,17,20). The third-order valence-electron chi connectivity index (χ3n) is 3.03. The fraction of sp³-hybridized carbons (Fsp3) is 0.667. The SMILES string of the molecule is O=C(NCCc1csc(N2CCCC2)n1)NCC(F)(F)F. The van der Waals surface area contributed by atoms with Gasteiger partial charge in [-0.25, -0.2) is 9.78 Å². The van der Waals surface area contributed by atoms with Gasteiger partial charge in [0.15, 0.2) is 5.13 Å². The lowest BCUT2D eigenvalue weighted by molar-refractivity contribution is -0.122. The summed E-state index contributed by atoms with van der Waals surface area (Å²) < 4.78 is 35.7. The normalized spacial score (nSPS) is 15.3. The van der Waals surface area contributed by atoms with Gasteiger partial charge in [0.05, 0.1) is 5.69 Å². The Labute approximate surface area is 124 Å². The Morgan fingerprint density at radius 2 is 2.05 bits per heavy atom. The van der Waals surface area contributed by atoms with Gasteiger partial charge in [-0.2, -0.15) is 13.2 Å². The van der Waals surface area contributed by atoms with Crippen LogP contribution in [0.2, 0.25) is 0 Å². The summed E-state index contributed by atoms with van der Waals surface area (Å²) in [7, 11) is 0. The van der Waals surface area contributed by atoms with Gasteiger partial charge in [-0.3, -0.25) is 0 Å². The summed E-state index contributed by atoms with van der Waals surface area (Å²) in [4.78, 5) is 17.8. The van der Waals surface area contributed by atoms with Crippen molar-refractivity contribution >= 4 is 22.5 Å². The van der Waals surface area contributed by atoms with Crippen LogP contribution in [-0.4, -0.2) is 43.4 Å². The summed E-state index contributed by atoms with van der Waals surface area (Å²) in [6.07, 6.45) is -1.54. The van der Waals surface area contributed by atoms with E-state index in [1.165, 1.54) is 12.8 Å². The molecular weight excluding hydrogens is 305 g/mol. The van der Waals surface area contributed by atoms with Crippen molar-refractivity contribution in [1.82, 2.24) is 15.6 Å². The molecule has 2 N–H and O–H groups in total. The predicted molar refractivity (Wildman–Crippen MR) is 74.7 cm³/mol. The average molecular weight is 322 g/mol. The molecule has 2 heterocycles. The molecule has 21 heavy (non-hydrogen) atoms. The minimum Gasteiger partial charge on any atom is -0.348 e. The molecule has 0 unspecified atom stereocenters. The van der Waals surface area contributed by atoms with Crippen molar-refractivity contribution in [3.05, 3.63) is 11.1 Å². The van der Waals surface area contributed by atoms with Crippen LogP contribution in [0.25, 0.3) is 0 Å². The number of hydrogen-bond acceptors (Lipinski definition) is 4. The smallest absolute Gasteiger partial charge is 0.348 e. The number of carbonyl (C=O) groups is 1. The lowest BCUT2D eigenvalue weighted by atomic mass is 10.3. The van der Waals surface area contributed by atoms with Crippen LogP contribution < -0.4 is 15.5 Å². The van der Waals surface area contributed by atoms with E-state index in [1.807, 2.05) is 5.38 Å². The largest absolute Gasteiger partial charge is 0.405 e. The number of carbonyl (C=O) groups excluding carboxylic acids is 1. The summed E-state index contributed by atoms with van der Waals surface area (Å²) in [5.41, 5.74) is 0.845. The van der Waals surface area contributed by atoms with E-state index < -0.39 is 18.8 Å². The van der Waals surface area contributed by atoms with E-state index in [-0.39, 0.29) is 6.54 Å². The first-order valence-electron chi connectivity index (χ1n) is 6.72. The van der Waals surface area contributed by atoms with Gasteiger partial charge in [-0.15, -0.1) is 11.3 Å². The highest BCUT2D eigenvalue weighted by molar-refractivity contribution is 7.13. The highest BCUT2D eigenvalue weighted by Crippen LogP contribution is 2.24. The van der Waals surface area contributed by atoms with Crippen LogP contribution in [0.4, 0.5) is 23.1 Å². The van der Waals surface area contributed by atoms with E-state index in [2.05, 4.69) is 15.2 Å². The predicted octanol–water partition coefficient (Wildman–Crippen LogP) is 2.15. The molecule has 0 saturated carbocycles. The van der Waals surface area contributed by atoms with Crippen molar-refractivity contribution < 1.29 is 18.0 Å². The summed E-state index contributed by atoms with van der Waals surface area (Å²) in [6.45, 7) is 0.970. The fourth-order valence-electron chi connectivity index (χ4n) is 2.01. The highest BCUT2D eigenvalue weighted by atomic mass is 32.1. The lowest BCUT2D eigenvalue weighted by Gasteiger charge is -2.12. The third kappa shape index (κ3) is 5.41. The molecule has 1 fully saturated rings. The zero-order valence-corrected chi connectivity index (χ0v) is 12.2. The number of halogens is 3. The maximum atomic E-state index is 11.9. The average Bonchev–Trinajstić information content (AvgIpc) is 3.06. The van der Waals surface area contributed by atoms with Crippen LogP contribution in [0, 0.1) is 0 Å². The molecule has 5 nitrogen and oxygen atoms in total. The van der Waals surface area contributed by atoms with E-state index in [9.17, 15) is 18.0 Å². The number of rotatable bonds is 5. The number of amides is 2. The van der Waals surface area contributed by atoms with Crippen molar-refractivity contribution in [2.45, 2.75) is 25.4 Å². The van der Waals surface area contributed by atoms with Crippen molar-refractivity contribution in [1.29, 1.82) is 0 Å². The van der Waals surface area contributed by atoms with Crippen LogP contribution in [-0.2, 0) is 6.42 Å².